The summed E-state index contributed by atoms with van der Waals surface area (Å²) in [6, 6.07) is -0.189. The van der Waals surface area contributed by atoms with Crippen LogP contribution in [0.1, 0.15) is 13.0 Å². The van der Waals surface area contributed by atoms with Gasteiger partial charge >= 0.3 is 7.60 Å². The van der Waals surface area contributed by atoms with Crippen LogP contribution in [0, 0.1) is 0 Å². The molecular weight excluding hydrogens is 273 g/mol. The first-order valence-corrected chi connectivity index (χ1v) is 7.23. The van der Waals surface area contributed by atoms with Crippen molar-refractivity contribution < 1.29 is 19.1 Å². The fourth-order valence-corrected chi connectivity index (χ4v) is 1.96. The molecule has 0 aliphatic heterocycles. The summed E-state index contributed by atoms with van der Waals surface area (Å²) in [5.74, 6) is 0.284. The maximum atomic E-state index is 10.7. The van der Waals surface area contributed by atoms with Gasteiger partial charge in [-0.3, -0.25) is 4.57 Å². The van der Waals surface area contributed by atoms with Crippen molar-refractivity contribution in [2.75, 3.05) is 18.7 Å². The molecule has 4 N–H and O–H groups in total. The number of fused-ring (bicyclic) bond motifs is 1. The lowest BCUT2D eigenvalue weighted by Gasteiger charge is -2.14. The third kappa shape index (κ3) is 3.27. The Kier molecular flexibility index (Phi) is 3.81. The Hall–Kier alpha value is -1.54. The van der Waals surface area contributed by atoms with Crippen LogP contribution in [0.4, 0.5) is 5.82 Å². The number of rotatable bonds is 5. The number of aromatic nitrogens is 4. The van der Waals surface area contributed by atoms with Gasteiger partial charge in [-0.1, -0.05) is 0 Å². The van der Waals surface area contributed by atoms with Gasteiger partial charge in [-0.15, -0.1) is 0 Å². The van der Waals surface area contributed by atoms with Gasteiger partial charge in [0.2, 0.25) is 0 Å². The zero-order valence-electron chi connectivity index (χ0n) is 10.2. The van der Waals surface area contributed by atoms with Crippen molar-refractivity contribution in [2.24, 2.45) is 0 Å². The van der Waals surface area contributed by atoms with Crippen LogP contribution in [0.3, 0.4) is 0 Å². The lowest BCUT2D eigenvalue weighted by molar-refractivity contribution is 0.130. The van der Waals surface area contributed by atoms with Gasteiger partial charge in [0, 0.05) is 0 Å². The minimum atomic E-state index is -4.15. The number of anilines is 1. The van der Waals surface area contributed by atoms with Crippen LogP contribution in [-0.4, -0.2) is 42.3 Å². The molecule has 9 nitrogen and oxygen atoms in total. The molecule has 0 aliphatic rings. The molecule has 0 saturated carbocycles. The van der Waals surface area contributed by atoms with E-state index in [9.17, 15) is 4.57 Å². The summed E-state index contributed by atoms with van der Waals surface area (Å²) in [5.41, 5.74) is 6.71. The molecule has 2 aromatic rings. The van der Waals surface area contributed by atoms with E-state index < -0.39 is 13.9 Å². The van der Waals surface area contributed by atoms with E-state index in [1.807, 2.05) is 6.92 Å². The fraction of sp³-hybridized carbons (Fsp3) is 0.444. The predicted octanol–water partition coefficient (Wildman–Crippen LogP) is 0.121. The molecule has 19 heavy (non-hydrogen) atoms. The molecule has 0 aromatic carbocycles. The number of hydrogen-bond donors (Lipinski definition) is 3. The highest BCUT2D eigenvalue weighted by Gasteiger charge is 2.16. The zero-order valence-corrected chi connectivity index (χ0v) is 11.1. The molecule has 0 bridgehead atoms. The molecule has 0 spiro atoms. The van der Waals surface area contributed by atoms with E-state index in [-0.39, 0.29) is 18.5 Å². The summed E-state index contributed by atoms with van der Waals surface area (Å²) < 4.78 is 17.4. The second-order valence-electron chi connectivity index (χ2n) is 4.10. The second kappa shape index (κ2) is 5.22. The summed E-state index contributed by atoms with van der Waals surface area (Å²) in [7, 11) is -4.15. The standard InChI is InChI=1S/C9H14N5O4P/c1-6(2-18-5-19(15,16)17)14-4-13-7-8(10)11-3-12-9(7)14/h3-4,6H,2,5H2,1H3,(H2,10,11,12)(H2,15,16,17)/t6-/m1/s1. The van der Waals surface area contributed by atoms with Gasteiger partial charge in [-0.25, -0.2) is 15.0 Å². The van der Waals surface area contributed by atoms with Crippen molar-refractivity contribution in [1.29, 1.82) is 0 Å². The molecule has 2 aromatic heterocycles. The quantitative estimate of drug-likeness (QED) is 0.659. The maximum absolute atomic E-state index is 10.7. The van der Waals surface area contributed by atoms with Crippen molar-refractivity contribution in [2.45, 2.75) is 13.0 Å². The second-order valence-corrected chi connectivity index (χ2v) is 5.68. The Labute approximate surface area is 108 Å². The third-order valence-electron chi connectivity index (χ3n) is 2.48. The first-order valence-electron chi connectivity index (χ1n) is 5.44. The van der Waals surface area contributed by atoms with Crippen LogP contribution in [0.15, 0.2) is 12.7 Å². The lowest BCUT2D eigenvalue weighted by Crippen LogP contribution is -2.12. The highest BCUT2D eigenvalue weighted by molar-refractivity contribution is 7.51. The van der Waals surface area contributed by atoms with Gasteiger partial charge in [0.15, 0.2) is 11.5 Å². The van der Waals surface area contributed by atoms with Crippen molar-refractivity contribution in [3.8, 4) is 0 Å². The average molecular weight is 287 g/mol. The van der Waals surface area contributed by atoms with E-state index in [2.05, 4.69) is 15.0 Å². The van der Waals surface area contributed by atoms with E-state index >= 15 is 0 Å². The van der Waals surface area contributed by atoms with Crippen LogP contribution in [-0.2, 0) is 9.30 Å². The van der Waals surface area contributed by atoms with E-state index in [4.69, 9.17) is 20.3 Å². The number of nitrogens with two attached hydrogens (primary N) is 1. The molecule has 0 amide bonds. The summed E-state index contributed by atoms with van der Waals surface area (Å²) >= 11 is 0. The molecule has 2 heterocycles. The highest BCUT2D eigenvalue weighted by Crippen LogP contribution is 2.34. The van der Waals surface area contributed by atoms with E-state index in [1.54, 1.807) is 10.9 Å². The van der Waals surface area contributed by atoms with Crippen molar-refractivity contribution in [1.82, 2.24) is 19.5 Å². The minimum absolute atomic E-state index is 0.125. The zero-order chi connectivity index (χ0) is 14.0. The van der Waals surface area contributed by atoms with Crippen LogP contribution in [0.5, 0.6) is 0 Å². The van der Waals surface area contributed by atoms with Crippen LogP contribution in [0.2, 0.25) is 0 Å². The molecule has 10 heteroatoms. The molecule has 0 saturated heterocycles. The summed E-state index contributed by atoms with van der Waals surface area (Å²) in [5, 5.41) is 0. The maximum Gasteiger partial charge on any atom is 0.350 e. The number of hydrogen-bond acceptors (Lipinski definition) is 6. The van der Waals surface area contributed by atoms with Gasteiger partial charge in [0.25, 0.3) is 0 Å². The normalized spacial score (nSPS) is 13.8. The van der Waals surface area contributed by atoms with Crippen molar-refractivity contribution >= 4 is 24.6 Å². The number of nitrogen functional groups attached to an aromatic ring is 1. The number of nitrogens with zero attached hydrogens (tertiary/aromatic N) is 4. The minimum Gasteiger partial charge on any atom is -0.382 e. The molecule has 104 valence electrons. The van der Waals surface area contributed by atoms with Crippen LogP contribution >= 0.6 is 7.60 Å². The van der Waals surface area contributed by atoms with Gasteiger partial charge in [0.1, 0.15) is 18.2 Å². The highest BCUT2D eigenvalue weighted by atomic mass is 31.2. The molecule has 0 unspecified atom stereocenters. The average Bonchev–Trinajstić information content (AvgIpc) is 2.72. The van der Waals surface area contributed by atoms with E-state index in [1.165, 1.54) is 6.33 Å². The van der Waals surface area contributed by atoms with Gasteiger partial charge < -0.3 is 24.8 Å². The first-order chi connectivity index (χ1) is 8.88. The first kappa shape index (κ1) is 13.9. The Balaban J connectivity index is 2.12. The Bertz CT molecular complexity index is 624. The Morgan fingerprint density at radius 3 is 2.89 bits per heavy atom. The van der Waals surface area contributed by atoms with Gasteiger partial charge in [-0.05, 0) is 6.92 Å². The number of imidazole rings is 1. The monoisotopic (exact) mass is 287 g/mol. The Morgan fingerprint density at radius 1 is 1.47 bits per heavy atom. The largest absolute Gasteiger partial charge is 0.382 e. The fourth-order valence-electron chi connectivity index (χ4n) is 1.62. The predicted molar refractivity (Wildman–Crippen MR) is 67.3 cm³/mol. The van der Waals surface area contributed by atoms with E-state index in [0.29, 0.717) is 11.2 Å². The molecule has 0 radical (unpaired) electrons. The van der Waals surface area contributed by atoms with Crippen molar-refractivity contribution in [3.05, 3.63) is 12.7 Å². The third-order valence-corrected chi connectivity index (χ3v) is 3.00. The molecule has 1 atom stereocenters. The molecule has 0 fully saturated rings. The van der Waals surface area contributed by atoms with Gasteiger partial charge in [0.05, 0.1) is 19.0 Å². The summed E-state index contributed by atoms with van der Waals surface area (Å²) in [4.78, 5) is 29.4. The lowest BCUT2D eigenvalue weighted by atomic mass is 10.3. The van der Waals surface area contributed by atoms with E-state index in [0.717, 1.165) is 0 Å². The van der Waals surface area contributed by atoms with Gasteiger partial charge in [-0.2, -0.15) is 0 Å². The summed E-state index contributed by atoms with van der Waals surface area (Å²) in [6.45, 7) is 1.94. The molecule has 0 aliphatic carbocycles. The van der Waals surface area contributed by atoms with Crippen LogP contribution < -0.4 is 5.73 Å². The molecular formula is C9H14N5O4P. The number of ether oxygens (including phenoxy) is 1. The SMILES string of the molecule is C[C@H](COCP(=O)(O)O)n1cnc2c(N)ncnc21. The topological polar surface area (TPSA) is 136 Å². The Morgan fingerprint density at radius 2 is 2.21 bits per heavy atom. The summed E-state index contributed by atoms with van der Waals surface area (Å²) in [6.07, 6.45) is 2.27. The van der Waals surface area contributed by atoms with Crippen molar-refractivity contribution in [3.63, 3.8) is 0 Å². The van der Waals surface area contributed by atoms with Crippen LogP contribution in [0.25, 0.3) is 11.2 Å². The smallest absolute Gasteiger partial charge is 0.350 e. The molecule has 2 rings (SSSR count).